The van der Waals surface area contributed by atoms with Crippen LogP contribution in [0.25, 0.3) is 0 Å². The van der Waals surface area contributed by atoms with Gasteiger partial charge in [0.15, 0.2) is 0 Å². The van der Waals surface area contributed by atoms with Gasteiger partial charge in [-0.1, -0.05) is 19.1 Å². The minimum Gasteiger partial charge on any atom is -0.352 e. The molecule has 1 aliphatic heterocycles. The zero-order valence-corrected chi connectivity index (χ0v) is 16.8. The van der Waals surface area contributed by atoms with E-state index in [1.807, 2.05) is 6.92 Å². The van der Waals surface area contributed by atoms with Crippen molar-refractivity contribution in [2.45, 2.75) is 51.5 Å². The zero-order valence-electron chi connectivity index (χ0n) is 16.8. The van der Waals surface area contributed by atoms with Crippen molar-refractivity contribution >= 4 is 35.2 Å². The average Bonchev–Trinajstić information content (AvgIpc) is 2.67. The molecule has 0 aliphatic carbocycles. The second-order valence-corrected chi connectivity index (χ2v) is 7.25. The van der Waals surface area contributed by atoms with E-state index in [4.69, 9.17) is 0 Å². The quantitative estimate of drug-likeness (QED) is 0.402. The molecule has 1 fully saturated rings. The van der Waals surface area contributed by atoms with Gasteiger partial charge in [-0.15, -0.1) is 0 Å². The van der Waals surface area contributed by atoms with Gasteiger partial charge in [0.2, 0.25) is 17.7 Å². The molecular weight excluding hydrogens is 376 g/mol. The summed E-state index contributed by atoms with van der Waals surface area (Å²) >= 11 is 0. The van der Waals surface area contributed by atoms with Gasteiger partial charge in [-0.2, -0.15) is 0 Å². The molecule has 0 aromatic heterocycles. The van der Waals surface area contributed by atoms with E-state index in [0.717, 1.165) is 5.56 Å². The van der Waals surface area contributed by atoms with Gasteiger partial charge in [0.1, 0.15) is 0 Å². The molecule has 1 atom stereocenters. The predicted molar refractivity (Wildman–Crippen MR) is 106 cm³/mol. The third-order valence-electron chi connectivity index (χ3n) is 4.83. The number of rotatable bonds is 6. The predicted octanol–water partition coefficient (Wildman–Crippen LogP) is 0.350. The topological polar surface area (TPSA) is 133 Å². The van der Waals surface area contributed by atoms with Gasteiger partial charge in [0.05, 0.1) is 12.0 Å². The van der Waals surface area contributed by atoms with Crippen LogP contribution in [-0.4, -0.2) is 42.1 Å². The van der Waals surface area contributed by atoms with Gasteiger partial charge < -0.3 is 16.0 Å². The van der Waals surface area contributed by atoms with Crippen LogP contribution in [0.1, 0.15) is 45.6 Å². The summed E-state index contributed by atoms with van der Waals surface area (Å²) in [5.41, 5.74) is 0.314. The van der Waals surface area contributed by atoms with E-state index in [-0.39, 0.29) is 36.7 Å². The van der Waals surface area contributed by atoms with Gasteiger partial charge >= 0.3 is 11.8 Å². The minimum atomic E-state index is -0.928. The lowest BCUT2D eigenvalue weighted by molar-refractivity contribution is -0.138. The Morgan fingerprint density at radius 2 is 1.76 bits per heavy atom. The molecule has 9 nitrogen and oxygen atoms in total. The van der Waals surface area contributed by atoms with Crippen molar-refractivity contribution in [3.63, 3.8) is 0 Å². The largest absolute Gasteiger partial charge is 0.352 e. The molecule has 9 heteroatoms. The molecule has 2 rings (SSSR count). The summed E-state index contributed by atoms with van der Waals surface area (Å²) in [5.74, 6) is -2.83. The molecule has 0 radical (unpaired) electrons. The summed E-state index contributed by atoms with van der Waals surface area (Å²) in [6, 6.07) is 6.51. The van der Waals surface area contributed by atoms with Crippen molar-refractivity contribution < 1.29 is 24.0 Å². The van der Waals surface area contributed by atoms with Crippen molar-refractivity contribution in [1.29, 1.82) is 0 Å². The highest BCUT2D eigenvalue weighted by Gasteiger charge is 2.42. The van der Waals surface area contributed by atoms with Crippen LogP contribution in [0.4, 0.5) is 5.69 Å². The summed E-state index contributed by atoms with van der Waals surface area (Å²) < 4.78 is 0. The Balaban J connectivity index is 1.98. The van der Waals surface area contributed by atoms with Gasteiger partial charge in [0.25, 0.3) is 0 Å². The third kappa shape index (κ3) is 5.40. The molecule has 5 amide bonds. The Hall–Kier alpha value is -3.23. The molecule has 1 saturated heterocycles. The number of amides is 5. The maximum absolute atomic E-state index is 12.4. The lowest BCUT2D eigenvalue weighted by Crippen LogP contribution is -2.51. The first kappa shape index (κ1) is 22.1. The number of hydrogen-bond donors (Lipinski definition) is 4. The number of carbonyl (C=O) groups is 5. The van der Waals surface area contributed by atoms with Gasteiger partial charge in [0, 0.05) is 18.2 Å². The normalized spacial score (nSPS) is 18.8. The molecule has 29 heavy (non-hydrogen) atoms. The summed E-state index contributed by atoms with van der Waals surface area (Å²) in [6.07, 6.45) is 1.21. The van der Waals surface area contributed by atoms with Crippen molar-refractivity contribution in [3.8, 4) is 0 Å². The van der Waals surface area contributed by atoms with E-state index in [9.17, 15) is 24.0 Å². The molecule has 0 spiro atoms. The number of carbonyl (C=O) groups excluding carboxylic acids is 5. The summed E-state index contributed by atoms with van der Waals surface area (Å²) in [4.78, 5) is 59.2. The number of piperidine rings is 1. The highest BCUT2D eigenvalue weighted by Crippen LogP contribution is 2.36. The van der Waals surface area contributed by atoms with Gasteiger partial charge in [-0.05, 0) is 44.4 Å². The van der Waals surface area contributed by atoms with Crippen molar-refractivity contribution in [1.82, 2.24) is 16.0 Å². The van der Waals surface area contributed by atoms with Crippen molar-refractivity contribution in [2.75, 3.05) is 11.9 Å². The second-order valence-electron chi connectivity index (χ2n) is 7.25. The molecule has 1 aromatic rings. The Labute approximate surface area is 169 Å². The first-order valence-electron chi connectivity index (χ1n) is 9.51. The van der Waals surface area contributed by atoms with E-state index in [1.54, 1.807) is 38.1 Å². The van der Waals surface area contributed by atoms with Crippen LogP contribution in [-0.2, 0) is 29.4 Å². The number of anilines is 1. The van der Waals surface area contributed by atoms with Crippen LogP contribution in [0.15, 0.2) is 24.3 Å². The first-order valence-corrected chi connectivity index (χ1v) is 9.51. The molecule has 1 heterocycles. The monoisotopic (exact) mass is 402 g/mol. The molecule has 1 aromatic carbocycles. The average molecular weight is 402 g/mol. The Bertz CT molecular complexity index is 819. The van der Waals surface area contributed by atoms with E-state index >= 15 is 0 Å². The van der Waals surface area contributed by atoms with Crippen LogP contribution in [0.2, 0.25) is 0 Å². The summed E-state index contributed by atoms with van der Waals surface area (Å²) in [5, 5.41) is 9.68. The fraction of sp³-hybridized carbons (Fsp3) is 0.450. The lowest BCUT2D eigenvalue weighted by Gasteiger charge is -2.35. The minimum absolute atomic E-state index is 0.0671. The molecule has 0 unspecified atom stereocenters. The molecule has 0 bridgehead atoms. The fourth-order valence-electron chi connectivity index (χ4n) is 3.24. The molecular formula is C20H26N4O5. The third-order valence-corrected chi connectivity index (χ3v) is 4.83. The SMILES string of the molecule is CC[C@@]1(c2ccc(NC(=O)C(=O)NCC(=O)NC(C)C)cc2)CCC(=O)NC1=O. The number of imide groups is 1. The van der Waals surface area contributed by atoms with Crippen LogP contribution >= 0.6 is 0 Å². The van der Waals surface area contributed by atoms with E-state index in [1.165, 1.54) is 0 Å². The number of nitrogens with one attached hydrogen (secondary N) is 4. The van der Waals surface area contributed by atoms with E-state index in [0.29, 0.717) is 18.5 Å². The first-order chi connectivity index (χ1) is 13.7. The lowest BCUT2D eigenvalue weighted by atomic mass is 9.72. The van der Waals surface area contributed by atoms with E-state index in [2.05, 4.69) is 21.3 Å². The highest BCUT2D eigenvalue weighted by atomic mass is 16.2. The zero-order chi connectivity index (χ0) is 21.6. The van der Waals surface area contributed by atoms with Gasteiger partial charge in [-0.3, -0.25) is 29.3 Å². The standard InChI is InChI=1S/C20H26N4O5/c1-4-20(10-9-15(25)24-19(20)29)13-5-7-14(8-6-13)23-18(28)17(27)21-11-16(26)22-12(2)3/h5-8,12H,4,9-11H2,1-3H3,(H,21,27)(H,22,26)(H,23,28)(H,24,25,29)/t20-/m0/s1. The smallest absolute Gasteiger partial charge is 0.313 e. The maximum atomic E-state index is 12.4. The van der Waals surface area contributed by atoms with Crippen LogP contribution in [0.5, 0.6) is 0 Å². The molecule has 0 saturated carbocycles. The summed E-state index contributed by atoms with van der Waals surface area (Å²) in [6.45, 7) is 5.15. The maximum Gasteiger partial charge on any atom is 0.313 e. The fourth-order valence-corrected chi connectivity index (χ4v) is 3.24. The Kier molecular flexibility index (Phi) is 7.08. The van der Waals surface area contributed by atoms with Crippen LogP contribution < -0.4 is 21.3 Å². The molecule has 1 aliphatic rings. The molecule has 4 N–H and O–H groups in total. The van der Waals surface area contributed by atoms with Crippen molar-refractivity contribution in [3.05, 3.63) is 29.8 Å². The van der Waals surface area contributed by atoms with Gasteiger partial charge in [-0.25, -0.2) is 0 Å². The number of benzene rings is 1. The van der Waals surface area contributed by atoms with Crippen molar-refractivity contribution in [2.24, 2.45) is 0 Å². The Morgan fingerprint density at radius 3 is 2.31 bits per heavy atom. The Morgan fingerprint density at radius 1 is 1.10 bits per heavy atom. The van der Waals surface area contributed by atoms with Crippen LogP contribution in [0.3, 0.4) is 0 Å². The highest BCUT2D eigenvalue weighted by molar-refractivity contribution is 6.39. The van der Waals surface area contributed by atoms with E-state index < -0.39 is 17.2 Å². The van der Waals surface area contributed by atoms with Crippen LogP contribution in [0, 0.1) is 0 Å². The second kappa shape index (κ2) is 9.31. The number of hydrogen-bond acceptors (Lipinski definition) is 5. The summed E-state index contributed by atoms with van der Waals surface area (Å²) in [7, 11) is 0. The molecule has 156 valence electrons.